The molecule has 1 fully saturated rings. The zero-order valence-electron chi connectivity index (χ0n) is 11.9. The van der Waals surface area contributed by atoms with Gasteiger partial charge in [-0.2, -0.15) is 0 Å². The van der Waals surface area contributed by atoms with Crippen molar-refractivity contribution in [2.75, 3.05) is 26.4 Å². The summed E-state index contributed by atoms with van der Waals surface area (Å²) in [7, 11) is 0. The number of likely N-dealkylation sites (tertiary alicyclic amines) is 1. The second-order valence-electron chi connectivity index (χ2n) is 6.14. The van der Waals surface area contributed by atoms with E-state index in [9.17, 15) is 9.18 Å². The highest BCUT2D eigenvalue weighted by molar-refractivity contribution is 5.67. The van der Waals surface area contributed by atoms with E-state index in [2.05, 4.69) is 20.8 Å². The molecule has 0 aliphatic carbocycles. The molecule has 0 N–H and O–H groups in total. The molecule has 1 heterocycles. The monoisotopic (exact) mass is 259 g/mol. The molecule has 1 aliphatic rings. The van der Waals surface area contributed by atoms with Crippen LogP contribution in [0, 0.1) is 11.3 Å². The van der Waals surface area contributed by atoms with Crippen LogP contribution in [0.2, 0.25) is 0 Å². The minimum atomic E-state index is -0.605. The van der Waals surface area contributed by atoms with E-state index in [1.54, 1.807) is 4.90 Å². The third-order valence-electron chi connectivity index (χ3n) is 3.75. The number of carbonyl (C=O) groups excluding carboxylic acids is 1. The van der Waals surface area contributed by atoms with Crippen molar-refractivity contribution >= 4 is 6.09 Å². The van der Waals surface area contributed by atoms with Crippen LogP contribution in [-0.4, -0.2) is 37.4 Å². The van der Waals surface area contributed by atoms with Crippen molar-refractivity contribution in [1.29, 1.82) is 0 Å². The third-order valence-corrected chi connectivity index (χ3v) is 3.75. The van der Waals surface area contributed by atoms with Crippen LogP contribution in [-0.2, 0) is 4.74 Å². The second-order valence-corrected chi connectivity index (χ2v) is 6.14. The first-order valence-corrected chi connectivity index (χ1v) is 6.93. The van der Waals surface area contributed by atoms with Crippen molar-refractivity contribution in [1.82, 2.24) is 4.90 Å². The van der Waals surface area contributed by atoms with Crippen molar-refractivity contribution in [2.24, 2.45) is 11.3 Å². The van der Waals surface area contributed by atoms with E-state index in [-0.39, 0.29) is 12.7 Å². The number of rotatable bonds is 2. The molecular weight excluding hydrogens is 233 g/mol. The highest BCUT2D eigenvalue weighted by atomic mass is 19.1. The molecule has 1 aliphatic heterocycles. The van der Waals surface area contributed by atoms with Gasteiger partial charge in [-0.25, -0.2) is 9.18 Å². The van der Waals surface area contributed by atoms with Gasteiger partial charge < -0.3 is 9.64 Å². The minimum absolute atomic E-state index is 0.125. The van der Waals surface area contributed by atoms with Crippen LogP contribution in [0.5, 0.6) is 0 Å². The number of halogens is 1. The van der Waals surface area contributed by atoms with Crippen LogP contribution < -0.4 is 0 Å². The quantitative estimate of drug-likeness (QED) is 0.758. The van der Waals surface area contributed by atoms with Crippen molar-refractivity contribution in [3.63, 3.8) is 0 Å². The van der Waals surface area contributed by atoms with Gasteiger partial charge in [-0.15, -0.1) is 0 Å². The predicted octanol–water partition coefficient (Wildman–Crippen LogP) is 3.63. The number of alkyl halides is 1. The molecule has 1 rings (SSSR count). The number of hydrogen-bond donors (Lipinski definition) is 0. The van der Waals surface area contributed by atoms with Gasteiger partial charge in [0.25, 0.3) is 0 Å². The lowest BCUT2D eigenvalue weighted by atomic mass is 9.75. The summed E-state index contributed by atoms with van der Waals surface area (Å²) in [6, 6.07) is 0. The Bertz CT molecular complexity index is 253. The Balaban J connectivity index is 2.41. The summed E-state index contributed by atoms with van der Waals surface area (Å²) in [6.07, 6.45) is 3.95. The molecule has 0 aromatic heterocycles. The summed E-state index contributed by atoms with van der Waals surface area (Å²) in [5.74, 6) is 0.724. The maximum Gasteiger partial charge on any atom is 0.409 e. The summed E-state index contributed by atoms with van der Waals surface area (Å²) in [4.78, 5) is 13.4. The molecule has 3 nitrogen and oxygen atoms in total. The van der Waals surface area contributed by atoms with Gasteiger partial charge in [-0.1, -0.05) is 20.8 Å². The summed E-state index contributed by atoms with van der Waals surface area (Å²) in [5, 5.41) is 0. The van der Waals surface area contributed by atoms with Gasteiger partial charge in [-0.05, 0) is 37.0 Å². The first-order valence-electron chi connectivity index (χ1n) is 6.93. The van der Waals surface area contributed by atoms with E-state index >= 15 is 0 Å². The van der Waals surface area contributed by atoms with E-state index < -0.39 is 6.67 Å². The molecule has 0 unspecified atom stereocenters. The summed E-state index contributed by atoms with van der Waals surface area (Å²) < 4.78 is 16.8. The van der Waals surface area contributed by atoms with Gasteiger partial charge >= 0.3 is 6.09 Å². The molecule has 106 valence electrons. The smallest absolute Gasteiger partial charge is 0.409 e. The van der Waals surface area contributed by atoms with E-state index in [0.717, 1.165) is 44.7 Å². The van der Waals surface area contributed by atoms with Crippen LogP contribution in [0.3, 0.4) is 0 Å². The van der Waals surface area contributed by atoms with E-state index in [1.165, 1.54) is 0 Å². The number of carbonyl (C=O) groups is 1. The van der Waals surface area contributed by atoms with Crippen molar-refractivity contribution in [2.45, 2.75) is 46.5 Å². The Labute approximate surface area is 110 Å². The first-order chi connectivity index (χ1) is 8.45. The Kier molecular flexibility index (Phi) is 5.89. The third kappa shape index (κ3) is 4.83. The molecule has 0 aromatic carbocycles. The van der Waals surface area contributed by atoms with Crippen molar-refractivity contribution in [3.05, 3.63) is 0 Å². The molecular formula is C14H26FNO2. The molecule has 0 radical (unpaired) electrons. The maximum absolute atomic E-state index is 12.0. The van der Waals surface area contributed by atoms with Crippen LogP contribution in [0.25, 0.3) is 0 Å². The summed E-state index contributed by atoms with van der Waals surface area (Å²) in [5.41, 5.74) is 0.344. The van der Waals surface area contributed by atoms with Crippen LogP contribution in [0.1, 0.15) is 46.5 Å². The fourth-order valence-corrected chi connectivity index (χ4v) is 2.58. The number of hydrogen-bond acceptors (Lipinski definition) is 2. The summed E-state index contributed by atoms with van der Waals surface area (Å²) in [6.45, 7) is 7.59. The molecule has 0 atom stereocenters. The van der Waals surface area contributed by atoms with Gasteiger partial charge in [0.15, 0.2) is 0 Å². The average molecular weight is 259 g/mol. The maximum atomic E-state index is 12.0. The zero-order chi connectivity index (χ0) is 13.6. The molecule has 0 saturated carbocycles. The fourth-order valence-electron chi connectivity index (χ4n) is 2.58. The van der Waals surface area contributed by atoms with E-state index in [0.29, 0.717) is 5.41 Å². The topological polar surface area (TPSA) is 29.5 Å². The van der Waals surface area contributed by atoms with Crippen LogP contribution in [0.4, 0.5) is 9.18 Å². The minimum Gasteiger partial charge on any atom is -0.447 e. The van der Waals surface area contributed by atoms with Crippen LogP contribution >= 0.6 is 0 Å². The number of nitrogens with zero attached hydrogens (tertiary/aromatic N) is 1. The number of ether oxygens (including phenoxy) is 1. The number of amides is 1. The lowest BCUT2D eigenvalue weighted by molar-refractivity contribution is 0.0863. The average Bonchev–Trinajstić information content (AvgIpc) is 2.23. The lowest BCUT2D eigenvalue weighted by Gasteiger charge is -2.34. The normalized spacial score (nSPS) is 19.2. The van der Waals surface area contributed by atoms with E-state index in [1.807, 2.05) is 0 Å². The fraction of sp³-hybridized carbons (Fsp3) is 0.929. The Hall–Kier alpha value is -0.800. The van der Waals surface area contributed by atoms with Crippen molar-refractivity contribution in [3.8, 4) is 0 Å². The van der Waals surface area contributed by atoms with Crippen molar-refractivity contribution < 1.29 is 13.9 Å². The lowest BCUT2D eigenvalue weighted by Crippen LogP contribution is -2.36. The van der Waals surface area contributed by atoms with Gasteiger partial charge in [0.05, 0.1) is 0 Å². The Morgan fingerprint density at radius 3 is 2.28 bits per heavy atom. The SMILES string of the molecule is CC(C)(C)C1CCCN(C(=O)OCCF)CCC1. The van der Waals surface area contributed by atoms with Crippen LogP contribution in [0.15, 0.2) is 0 Å². The highest BCUT2D eigenvalue weighted by Gasteiger charge is 2.26. The first kappa shape index (κ1) is 15.3. The Morgan fingerprint density at radius 2 is 1.83 bits per heavy atom. The highest BCUT2D eigenvalue weighted by Crippen LogP contribution is 2.34. The molecule has 18 heavy (non-hydrogen) atoms. The second kappa shape index (κ2) is 6.95. The van der Waals surface area contributed by atoms with E-state index in [4.69, 9.17) is 4.74 Å². The molecule has 0 spiro atoms. The molecule has 0 aromatic rings. The van der Waals surface area contributed by atoms with Gasteiger partial charge in [0.1, 0.15) is 13.3 Å². The molecule has 0 bridgehead atoms. The standard InChI is InChI=1S/C14H26FNO2/c1-14(2,3)12-6-4-9-16(10-5-7-12)13(17)18-11-8-15/h12H,4-11H2,1-3H3. The van der Waals surface area contributed by atoms with Gasteiger partial charge in [0, 0.05) is 13.1 Å². The predicted molar refractivity (Wildman–Crippen MR) is 70.3 cm³/mol. The molecule has 1 saturated heterocycles. The largest absolute Gasteiger partial charge is 0.447 e. The van der Waals surface area contributed by atoms with Gasteiger partial charge in [0.2, 0.25) is 0 Å². The molecule has 1 amide bonds. The Morgan fingerprint density at radius 1 is 1.28 bits per heavy atom. The molecule has 4 heteroatoms. The zero-order valence-corrected chi connectivity index (χ0v) is 11.9. The van der Waals surface area contributed by atoms with Gasteiger partial charge in [-0.3, -0.25) is 0 Å². The summed E-state index contributed by atoms with van der Waals surface area (Å²) >= 11 is 0.